The molecule has 9 nitrogen and oxygen atoms in total. The van der Waals surface area contributed by atoms with Crippen molar-refractivity contribution in [2.75, 3.05) is 32.1 Å². The predicted molar refractivity (Wildman–Crippen MR) is 133 cm³/mol. The van der Waals surface area contributed by atoms with Gasteiger partial charge in [-0.1, -0.05) is 13.8 Å². The normalized spacial score (nSPS) is 36.2. The first-order chi connectivity index (χ1) is 17.1. The minimum absolute atomic E-state index is 0.0343. The van der Waals surface area contributed by atoms with Gasteiger partial charge in [-0.2, -0.15) is 0 Å². The fourth-order valence-corrected chi connectivity index (χ4v) is 7.02. The van der Waals surface area contributed by atoms with Crippen molar-refractivity contribution in [1.29, 1.82) is 0 Å². The lowest BCUT2D eigenvalue weighted by Crippen LogP contribution is -2.61. The smallest absolute Gasteiger partial charge is 0.411 e. The van der Waals surface area contributed by atoms with Gasteiger partial charge >= 0.3 is 6.09 Å². The lowest BCUT2D eigenvalue weighted by Gasteiger charge is -2.60. The van der Waals surface area contributed by atoms with Gasteiger partial charge in [0.2, 0.25) is 5.91 Å². The van der Waals surface area contributed by atoms with Crippen LogP contribution in [0.25, 0.3) is 0 Å². The Morgan fingerprint density at radius 2 is 1.83 bits per heavy atom. The number of fused-ring (bicyclic) bond motifs is 1. The van der Waals surface area contributed by atoms with Gasteiger partial charge in [-0.15, -0.1) is 0 Å². The van der Waals surface area contributed by atoms with Crippen LogP contribution in [0.2, 0.25) is 0 Å². The predicted octanol–water partition coefficient (Wildman–Crippen LogP) is 2.78. The largest absolute Gasteiger partial charge is 0.497 e. The van der Waals surface area contributed by atoms with E-state index < -0.39 is 35.2 Å². The van der Waals surface area contributed by atoms with Crippen LogP contribution in [0.15, 0.2) is 24.3 Å². The van der Waals surface area contributed by atoms with Crippen LogP contribution in [0, 0.1) is 22.7 Å². The fraction of sp³-hybridized carbons (Fsp3) is 0.704. The van der Waals surface area contributed by atoms with E-state index in [-0.39, 0.29) is 30.8 Å². The number of aliphatic hydroxyl groups excluding tert-OH is 3. The number of aliphatic hydroxyl groups is 3. The van der Waals surface area contributed by atoms with E-state index in [1.807, 2.05) is 6.92 Å². The van der Waals surface area contributed by atoms with Gasteiger partial charge in [0.1, 0.15) is 11.9 Å². The summed E-state index contributed by atoms with van der Waals surface area (Å²) in [6, 6.07) is 6.95. The molecular formula is C27H40N2O7. The molecule has 7 atom stereocenters. The van der Waals surface area contributed by atoms with Crippen LogP contribution in [0.4, 0.5) is 10.5 Å². The number of benzene rings is 1. The molecule has 36 heavy (non-hydrogen) atoms. The van der Waals surface area contributed by atoms with Gasteiger partial charge in [-0.25, -0.2) is 4.79 Å². The molecule has 0 aromatic heterocycles. The molecule has 1 saturated heterocycles. The zero-order chi connectivity index (χ0) is 26.1. The standard InChI is InChI=1S/C27H40N2O7/c1-26-12-10-23(36-25(34)28-17-4-6-19(35-3)7-5-17)27(2,16-30)22(26)9-8-21(32)20(26)14-24(33)29-13-11-18(31)15-29/h4-7,18,20-23,30-32H,8-16H2,1-3H3,(H,28,34). The number of carbonyl (C=O) groups excluding carboxylic acids is 2. The minimum Gasteiger partial charge on any atom is -0.497 e. The van der Waals surface area contributed by atoms with Crippen molar-refractivity contribution in [2.45, 2.75) is 70.7 Å². The second kappa shape index (κ2) is 10.6. The Labute approximate surface area is 212 Å². The summed E-state index contributed by atoms with van der Waals surface area (Å²) in [5.74, 6) is 0.344. The molecule has 3 aliphatic rings. The summed E-state index contributed by atoms with van der Waals surface area (Å²) in [4.78, 5) is 27.5. The summed E-state index contributed by atoms with van der Waals surface area (Å²) in [7, 11) is 1.57. The molecular weight excluding hydrogens is 464 g/mol. The maximum Gasteiger partial charge on any atom is 0.411 e. The SMILES string of the molecule is COc1ccc(NC(=O)OC2CCC3(C)C(CC(=O)N4CCC(O)C4)C(O)CCC3C2(C)CO)cc1. The number of amides is 2. The summed E-state index contributed by atoms with van der Waals surface area (Å²) < 4.78 is 11.0. The number of hydrogen-bond donors (Lipinski definition) is 4. The molecule has 2 saturated carbocycles. The van der Waals surface area contributed by atoms with Gasteiger partial charge in [0, 0.05) is 30.6 Å². The molecule has 9 heteroatoms. The Kier molecular flexibility index (Phi) is 7.83. The lowest BCUT2D eigenvalue weighted by atomic mass is 9.46. The van der Waals surface area contributed by atoms with Gasteiger partial charge in [0.15, 0.2) is 0 Å². The minimum atomic E-state index is -0.713. The van der Waals surface area contributed by atoms with E-state index >= 15 is 0 Å². The molecule has 1 aromatic rings. The van der Waals surface area contributed by atoms with Gasteiger partial charge in [-0.3, -0.25) is 10.1 Å². The maximum absolute atomic E-state index is 13.0. The number of methoxy groups -OCH3 is 1. The Bertz CT molecular complexity index is 941. The summed E-state index contributed by atoms with van der Waals surface area (Å²) in [5, 5.41) is 34.2. The van der Waals surface area contributed by atoms with Crippen LogP contribution >= 0.6 is 0 Å². The summed E-state index contributed by atoms with van der Waals surface area (Å²) >= 11 is 0. The topological polar surface area (TPSA) is 129 Å². The number of nitrogens with one attached hydrogen (secondary N) is 1. The van der Waals surface area contributed by atoms with Crippen molar-refractivity contribution in [2.24, 2.45) is 22.7 Å². The summed E-state index contributed by atoms with van der Waals surface area (Å²) in [5.41, 5.74) is -0.524. The average Bonchev–Trinajstić information content (AvgIpc) is 3.30. The molecule has 4 rings (SSSR count). The molecule has 1 heterocycles. The monoisotopic (exact) mass is 504 g/mol. The molecule has 2 aliphatic carbocycles. The van der Waals surface area contributed by atoms with E-state index in [0.717, 1.165) is 0 Å². The number of β-amino-alcohol motifs (C(OH)–C–C–N with tert-alkyl or cyclic N) is 1. The highest BCUT2D eigenvalue weighted by atomic mass is 16.6. The third-order valence-electron chi connectivity index (χ3n) is 9.17. The number of carbonyl (C=O) groups is 2. The van der Waals surface area contributed by atoms with Crippen molar-refractivity contribution in [1.82, 2.24) is 4.90 Å². The van der Waals surface area contributed by atoms with E-state index in [9.17, 15) is 24.9 Å². The number of likely N-dealkylation sites (tertiary alicyclic amines) is 1. The Morgan fingerprint density at radius 3 is 2.44 bits per heavy atom. The zero-order valence-corrected chi connectivity index (χ0v) is 21.5. The van der Waals surface area contributed by atoms with Crippen molar-refractivity contribution >= 4 is 17.7 Å². The van der Waals surface area contributed by atoms with Gasteiger partial charge in [0.05, 0.1) is 25.9 Å². The molecule has 0 radical (unpaired) electrons. The van der Waals surface area contributed by atoms with Crippen molar-refractivity contribution in [3.63, 3.8) is 0 Å². The van der Waals surface area contributed by atoms with Gasteiger partial charge in [-0.05, 0) is 73.6 Å². The molecule has 200 valence electrons. The van der Waals surface area contributed by atoms with Crippen LogP contribution < -0.4 is 10.1 Å². The second-order valence-electron chi connectivity index (χ2n) is 11.2. The first-order valence-electron chi connectivity index (χ1n) is 13.0. The first kappa shape index (κ1) is 26.7. The lowest BCUT2D eigenvalue weighted by molar-refractivity contribution is -0.186. The molecule has 2 amide bonds. The Morgan fingerprint density at radius 1 is 1.11 bits per heavy atom. The Hall–Kier alpha value is -2.36. The maximum atomic E-state index is 13.0. The molecule has 0 bridgehead atoms. The Balaban J connectivity index is 1.47. The van der Waals surface area contributed by atoms with E-state index in [1.165, 1.54) is 0 Å². The van der Waals surface area contributed by atoms with Crippen molar-refractivity contribution in [3.05, 3.63) is 24.3 Å². The number of rotatable bonds is 6. The fourth-order valence-electron chi connectivity index (χ4n) is 7.02. The van der Waals surface area contributed by atoms with Crippen LogP contribution in [-0.2, 0) is 9.53 Å². The number of hydrogen-bond acceptors (Lipinski definition) is 7. The highest BCUT2D eigenvalue weighted by Gasteiger charge is 2.60. The second-order valence-corrected chi connectivity index (χ2v) is 11.2. The number of nitrogens with zero attached hydrogens (tertiary/aromatic N) is 1. The van der Waals surface area contributed by atoms with Crippen LogP contribution in [-0.4, -0.2) is 77.3 Å². The van der Waals surface area contributed by atoms with E-state index in [0.29, 0.717) is 56.6 Å². The first-order valence-corrected chi connectivity index (χ1v) is 13.0. The van der Waals surface area contributed by atoms with Crippen LogP contribution in [0.1, 0.15) is 52.4 Å². The zero-order valence-electron chi connectivity index (χ0n) is 21.5. The molecule has 1 aromatic carbocycles. The molecule has 4 N–H and O–H groups in total. The third kappa shape index (κ3) is 5.06. The third-order valence-corrected chi connectivity index (χ3v) is 9.17. The molecule has 1 aliphatic heterocycles. The molecule has 0 spiro atoms. The highest BCUT2D eigenvalue weighted by molar-refractivity contribution is 5.84. The van der Waals surface area contributed by atoms with Gasteiger partial charge < -0.3 is 29.7 Å². The highest BCUT2D eigenvalue weighted by Crippen LogP contribution is 2.61. The van der Waals surface area contributed by atoms with E-state index in [1.54, 1.807) is 36.3 Å². The van der Waals surface area contributed by atoms with Crippen molar-refractivity contribution in [3.8, 4) is 5.75 Å². The van der Waals surface area contributed by atoms with E-state index in [2.05, 4.69) is 12.2 Å². The van der Waals surface area contributed by atoms with Gasteiger partial charge in [0.25, 0.3) is 0 Å². The molecule has 3 fully saturated rings. The molecule has 7 unspecified atom stereocenters. The number of anilines is 1. The van der Waals surface area contributed by atoms with E-state index in [4.69, 9.17) is 9.47 Å². The van der Waals surface area contributed by atoms with Crippen LogP contribution in [0.3, 0.4) is 0 Å². The summed E-state index contributed by atoms with van der Waals surface area (Å²) in [6.07, 6.45) is 1.03. The van der Waals surface area contributed by atoms with Crippen LogP contribution in [0.5, 0.6) is 5.75 Å². The average molecular weight is 505 g/mol. The quantitative estimate of drug-likeness (QED) is 0.469. The summed E-state index contributed by atoms with van der Waals surface area (Å²) in [6.45, 7) is 4.78. The number of ether oxygens (including phenoxy) is 2. The van der Waals surface area contributed by atoms with Crippen molar-refractivity contribution < 1.29 is 34.4 Å².